The molecule has 3 rings (SSSR count). The van der Waals surface area contributed by atoms with E-state index in [-0.39, 0.29) is 17.1 Å². The highest BCUT2D eigenvalue weighted by atomic mass is 16.6. The van der Waals surface area contributed by atoms with Gasteiger partial charge in [-0.05, 0) is 38.7 Å². The van der Waals surface area contributed by atoms with E-state index in [1.165, 1.54) is 36.4 Å². The predicted molar refractivity (Wildman–Crippen MR) is 135 cm³/mol. The summed E-state index contributed by atoms with van der Waals surface area (Å²) < 4.78 is 0. The largest absolute Gasteiger partial charge is 0.305 e. The molecule has 0 radical (unpaired) electrons. The zero-order chi connectivity index (χ0) is 25.7. The first-order chi connectivity index (χ1) is 16.6. The Labute approximate surface area is 202 Å². The first kappa shape index (κ1) is 25.3. The highest BCUT2D eigenvalue weighted by Gasteiger charge is 2.28. The van der Waals surface area contributed by atoms with Crippen molar-refractivity contribution >= 4 is 40.2 Å². The summed E-state index contributed by atoms with van der Waals surface area (Å²) in [5.74, 6) is 0. The van der Waals surface area contributed by atoms with E-state index in [0.29, 0.717) is 6.54 Å². The van der Waals surface area contributed by atoms with Gasteiger partial charge in [-0.2, -0.15) is 0 Å². The summed E-state index contributed by atoms with van der Waals surface area (Å²) in [5, 5.41) is 33.6. The lowest BCUT2D eigenvalue weighted by Gasteiger charge is -2.23. The fraction of sp³-hybridized carbons (Fsp3) is 0.167. The van der Waals surface area contributed by atoms with Crippen LogP contribution in [-0.4, -0.2) is 47.0 Å². The number of benzene rings is 3. The second-order valence-corrected chi connectivity index (χ2v) is 8.37. The quantitative estimate of drug-likeness (QED) is 0.263. The summed E-state index contributed by atoms with van der Waals surface area (Å²) in [4.78, 5) is 34.1. The van der Waals surface area contributed by atoms with Crippen molar-refractivity contribution in [2.75, 3.05) is 20.6 Å². The van der Waals surface area contributed by atoms with Crippen molar-refractivity contribution in [1.29, 1.82) is 0 Å². The molecule has 3 aromatic carbocycles. The summed E-state index contributed by atoms with van der Waals surface area (Å²) in [6, 6.07) is 18.6. The summed E-state index contributed by atoms with van der Waals surface area (Å²) in [6.45, 7) is 2.11. The van der Waals surface area contributed by atoms with Crippen LogP contribution in [0.2, 0.25) is 0 Å². The second-order valence-electron chi connectivity index (χ2n) is 8.37. The average Bonchev–Trinajstić information content (AvgIpc) is 2.82. The van der Waals surface area contributed by atoms with Gasteiger partial charge in [0.05, 0.1) is 14.8 Å². The van der Waals surface area contributed by atoms with Crippen LogP contribution in [-0.2, 0) is 0 Å². The molecular weight excluding hydrogens is 451 g/mol. The van der Waals surface area contributed by atoms with Crippen LogP contribution in [0.5, 0.6) is 0 Å². The fourth-order valence-corrected chi connectivity index (χ4v) is 4.08. The molecule has 0 aliphatic carbocycles. The van der Waals surface area contributed by atoms with Gasteiger partial charge < -0.3 is 4.90 Å². The van der Waals surface area contributed by atoms with Crippen molar-refractivity contribution in [1.82, 2.24) is 4.90 Å². The number of non-ortho nitro benzene ring substituents is 3. The van der Waals surface area contributed by atoms with E-state index < -0.39 is 21.5 Å². The lowest BCUT2D eigenvalue weighted by molar-refractivity contribution is -0.385. The zero-order valence-electron chi connectivity index (χ0n) is 19.5. The first-order valence-corrected chi connectivity index (χ1v) is 10.7. The van der Waals surface area contributed by atoms with Crippen molar-refractivity contribution < 1.29 is 14.8 Å². The number of hydrogen-bond acceptors (Lipinski definition) is 7. The molecule has 178 valence electrons. The maximum absolute atomic E-state index is 11.2. The molecular formula is C24H23BN4O6. The Hall–Kier alpha value is -4.38. The van der Waals surface area contributed by atoms with E-state index in [2.05, 4.69) is 0 Å². The Kier molecular flexibility index (Phi) is 7.72. The van der Waals surface area contributed by atoms with Crippen molar-refractivity contribution in [3.05, 3.63) is 114 Å². The van der Waals surface area contributed by atoms with Gasteiger partial charge in [-0.1, -0.05) is 46.2 Å². The normalized spacial score (nSPS) is 11.7. The van der Waals surface area contributed by atoms with Crippen molar-refractivity contribution in [2.24, 2.45) is 0 Å². The summed E-state index contributed by atoms with van der Waals surface area (Å²) in [5.41, 5.74) is 3.93. The summed E-state index contributed by atoms with van der Waals surface area (Å²) >= 11 is 0. The molecule has 35 heavy (non-hydrogen) atoms. The van der Waals surface area contributed by atoms with Gasteiger partial charge in [-0.3, -0.25) is 30.3 Å². The van der Waals surface area contributed by atoms with Crippen LogP contribution in [0.15, 0.2) is 78.4 Å². The molecule has 0 fully saturated rings. The van der Waals surface area contributed by atoms with E-state index in [1.807, 2.05) is 25.9 Å². The van der Waals surface area contributed by atoms with E-state index >= 15 is 0 Å². The molecule has 0 aliphatic heterocycles. The molecule has 0 saturated heterocycles. The lowest BCUT2D eigenvalue weighted by Crippen LogP contribution is -2.44. The minimum Gasteiger partial charge on any atom is -0.305 e. The molecule has 0 atom stereocenters. The molecule has 0 spiro atoms. The summed E-state index contributed by atoms with van der Waals surface area (Å²) in [6.07, 6.45) is 0. The minimum absolute atomic E-state index is 0.0411. The number of likely N-dealkylation sites (N-methyl/N-ethyl adjacent to an activating group) is 1. The van der Waals surface area contributed by atoms with Gasteiger partial charge in [0.2, 0.25) is 6.71 Å². The SMILES string of the molecule is C/C(CN(C)C)=C(/B(c1ccc([N+](=O)[O-])cc1)c1ccc([N+](=O)[O-])cc1)c1ccc([N+](=O)[O-])cc1. The maximum Gasteiger partial charge on any atom is 0.269 e. The third kappa shape index (κ3) is 5.95. The van der Waals surface area contributed by atoms with Crippen LogP contribution < -0.4 is 10.9 Å². The number of nitrogens with zero attached hydrogens (tertiary/aromatic N) is 4. The zero-order valence-corrected chi connectivity index (χ0v) is 19.5. The van der Waals surface area contributed by atoms with E-state index in [0.717, 1.165) is 27.5 Å². The molecule has 0 saturated carbocycles. The fourth-order valence-electron chi connectivity index (χ4n) is 4.08. The molecule has 11 heteroatoms. The van der Waals surface area contributed by atoms with E-state index in [4.69, 9.17) is 0 Å². The van der Waals surface area contributed by atoms with Crippen LogP contribution in [0.3, 0.4) is 0 Å². The van der Waals surface area contributed by atoms with Crippen molar-refractivity contribution in [3.8, 4) is 0 Å². The Balaban J connectivity index is 2.26. The van der Waals surface area contributed by atoms with Crippen LogP contribution in [0.1, 0.15) is 12.5 Å². The monoisotopic (exact) mass is 474 g/mol. The number of nitro groups is 3. The number of rotatable bonds is 9. The van der Waals surface area contributed by atoms with E-state index in [1.54, 1.807) is 36.4 Å². The molecule has 0 amide bonds. The van der Waals surface area contributed by atoms with Crippen LogP contribution >= 0.6 is 0 Å². The van der Waals surface area contributed by atoms with Gasteiger partial charge in [-0.25, -0.2) is 0 Å². The standard InChI is InChI=1S/C24H23BN4O6/c1-17(16-26(2)3)24(18-4-10-21(11-5-18)27(30)31)25(19-6-12-22(13-7-19)28(32)33)20-8-14-23(15-9-20)29(34)35/h4-15H,16H2,1-3H3/b24-17-. The molecule has 0 aliphatic rings. The van der Waals surface area contributed by atoms with Crippen molar-refractivity contribution in [2.45, 2.75) is 6.92 Å². The van der Waals surface area contributed by atoms with Crippen molar-refractivity contribution in [3.63, 3.8) is 0 Å². The van der Waals surface area contributed by atoms with Gasteiger partial charge in [0, 0.05) is 42.9 Å². The van der Waals surface area contributed by atoms with Gasteiger partial charge in [0.1, 0.15) is 0 Å². The third-order valence-electron chi connectivity index (χ3n) is 5.57. The molecule has 3 aromatic rings. The van der Waals surface area contributed by atoms with Gasteiger partial charge in [0.15, 0.2) is 0 Å². The Morgan fingerprint density at radius 2 is 1.03 bits per heavy atom. The summed E-state index contributed by atoms with van der Waals surface area (Å²) in [7, 11) is 3.84. The molecule has 0 heterocycles. The number of nitro benzene ring substituents is 3. The number of hydrogen-bond donors (Lipinski definition) is 0. The van der Waals surface area contributed by atoms with E-state index in [9.17, 15) is 30.3 Å². The highest BCUT2D eigenvalue weighted by Crippen LogP contribution is 2.26. The molecule has 0 N–H and O–H groups in total. The maximum atomic E-state index is 11.2. The highest BCUT2D eigenvalue weighted by molar-refractivity contribution is 6.99. The third-order valence-corrected chi connectivity index (χ3v) is 5.57. The molecule has 0 bridgehead atoms. The smallest absolute Gasteiger partial charge is 0.269 e. The lowest BCUT2D eigenvalue weighted by atomic mass is 9.34. The topological polar surface area (TPSA) is 133 Å². The Bertz CT molecular complexity index is 1220. The molecule has 0 aromatic heterocycles. The minimum atomic E-state index is -0.477. The second kappa shape index (κ2) is 10.7. The van der Waals surface area contributed by atoms with Gasteiger partial charge in [-0.15, -0.1) is 0 Å². The van der Waals surface area contributed by atoms with Gasteiger partial charge >= 0.3 is 0 Å². The predicted octanol–water partition coefficient (Wildman–Crippen LogP) is 3.59. The van der Waals surface area contributed by atoms with Crippen LogP contribution in [0, 0.1) is 30.3 Å². The first-order valence-electron chi connectivity index (χ1n) is 10.7. The molecule has 0 unspecified atom stereocenters. The Morgan fingerprint density at radius 3 is 1.34 bits per heavy atom. The van der Waals surface area contributed by atoms with Crippen LogP contribution in [0.25, 0.3) is 5.47 Å². The van der Waals surface area contributed by atoms with Crippen LogP contribution in [0.4, 0.5) is 17.1 Å². The van der Waals surface area contributed by atoms with Gasteiger partial charge in [0.25, 0.3) is 17.1 Å². The Morgan fingerprint density at radius 1 is 0.686 bits per heavy atom. The molecule has 10 nitrogen and oxygen atoms in total. The average molecular weight is 474 g/mol.